The molecule has 0 aromatic heterocycles. The average Bonchev–Trinajstić information content (AvgIpc) is 2.55. The minimum Gasteiger partial charge on any atom is -0.497 e. The first-order chi connectivity index (χ1) is 10.9. The van der Waals surface area contributed by atoms with Gasteiger partial charge in [-0.1, -0.05) is 18.6 Å². The Morgan fingerprint density at radius 2 is 1.76 bits per heavy atom. The first kappa shape index (κ1) is 24.0. The Balaban J connectivity index is 0.00000288. The predicted molar refractivity (Wildman–Crippen MR) is 107 cm³/mol. The number of carbonyl (C=O) groups excluding carboxylic acids is 1. The second kappa shape index (κ2) is 10.9. The van der Waals surface area contributed by atoms with E-state index in [2.05, 4.69) is 22.3 Å². The third-order valence-corrected chi connectivity index (χ3v) is 4.37. The zero-order valence-electron chi connectivity index (χ0n) is 15.3. The summed E-state index contributed by atoms with van der Waals surface area (Å²) < 4.78 is 5.24. The van der Waals surface area contributed by atoms with Crippen LogP contribution in [0.25, 0.3) is 0 Å². The summed E-state index contributed by atoms with van der Waals surface area (Å²) >= 11 is 0. The molecule has 1 atom stereocenters. The molecule has 0 saturated carbocycles. The lowest BCUT2D eigenvalue weighted by molar-refractivity contribution is -0.125. The van der Waals surface area contributed by atoms with Gasteiger partial charge in [0.2, 0.25) is 5.91 Å². The van der Waals surface area contributed by atoms with E-state index in [1.165, 1.54) is 24.8 Å². The van der Waals surface area contributed by atoms with E-state index in [1.807, 2.05) is 12.1 Å². The monoisotopic (exact) mass is 391 g/mol. The number of likely N-dealkylation sites (tertiary alicyclic amines) is 1. The van der Waals surface area contributed by atoms with E-state index < -0.39 is 5.54 Å². The first-order valence-electron chi connectivity index (χ1n) is 8.37. The van der Waals surface area contributed by atoms with Crippen molar-refractivity contribution in [1.82, 2.24) is 10.2 Å². The highest BCUT2D eigenvalue weighted by molar-refractivity contribution is 5.86. The number of halogens is 2. The summed E-state index contributed by atoms with van der Waals surface area (Å²) in [5, 5.41) is 3.01. The standard InChI is InChI=1S/C18H29N3O2.2ClH/c1-18(2,19)17(22)20-13-16(21-11-5-4-6-12-21)14-7-9-15(23-3)10-8-14;;/h7-10,16H,4-6,11-13,19H2,1-3H3,(H,20,22);2*1H. The maximum Gasteiger partial charge on any atom is 0.239 e. The fourth-order valence-electron chi connectivity index (χ4n) is 2.93. The van der Waals surface area contributed by atoms with Crippen LogP contribution in [0.1, 0.15) is 44.7 Å². The quantitative estimate of drug-likeness (QED) is 0.781. The van der Waals surface area contributed by atoms with Crippen LogP contribution < -0.4 is 15.8 Å². The number of piperidine rings is 1. The number of amides is 1. The number of carbonyl (C=O) groups is 1. The van der Waals surface area contributed by atoms with Crippen molar-refractivity contribution in [3.8, 4) is 5.75 Å². The minimum absolute atomic E-state index is 0. The highest BCUT2D eigenvalue weighted by Crippen LogP contribution is 2.26. The maximum absolute atomic E-state index is 12.1. The lowest BCUT2D eigenvalue weighted by atomic mass is 10.0. The average molecular weight is 392 g/mol. The molecule has 25 heavy (non-hydrogen) atoms. The van der Waals surface area contributed by atoms with Crippen molar-refractivity contribution in [2.45, 2.75) is 44.7 Å². The topological polar surface area (TPSA) is 67.6 Å². The van der Waals surface area contributed by atoms with Crippen LogP contribution in [0.5, 0.6) is 5.75 Å². The third kappa shape index (κ3) is 7.02. The molecule has 2 rings (SSSR count). The number of rotatable bonds is 6. The molecule has 7 heteroatoms. The van der Waals surface area contributed by atoms with Crippen molar-refractivity contribution in [2.24, 2.45) is 5.73 Å². The molecule has 1 unspecified atom stereocenters. The van der Waals surface area contributed by atoms with Gasteiger partial charge in [-0.15, -0.1) is 24.8 Å². The van der Waals surface area contributed by atoms with Crippen molar-refractivity contribution in [1.29, 1.82) is 0 Å². The Morgan fingerprint density at radius 1 is 1.20 bits per heavy atom. The summed E-state index contributed by atoms with van der Waals surface area (Å²) in [5.74, 6) is 0.728. The summed E-state index contributed by atoms with van der Waals surface area (Å²) in [5.41, 5.74) is 6.22. The van der Waals surface area contributed by atoms with Crippen molar-refractivity contribution in [3.63, 3.8) is 0 Å². The normalized spacial score (nSPS) is 16.2. The molecule has 1 heterocycles. The number of nitrogens with zero attached hydrogens (tertiary/aromatic N) is 1. The molecule has 1 fully saturated rings. The number of benzene rings is 1. The molecule has 3 N–H and O–H groups in total. The zero-order chi connectivity index (χ0) is 16.9. The van der Waals surface area contributed by atoms with Gasteiger partial charge in [0, 0.05) is 6.54 Å². The maximum atomic E-state index is 12.1. The van der Waals surface area contributed by atoms with Gasteiger partial charge in [0.25, 0.3) is 0 Å². The number of hydrogen-bond acceptors (Lipinski definition) is 4. The summed E-state index contributed by atoms with van der Waals surface area (Å²) in [6, 6.07) is 8.28. The minimum atomic E-state index is -0.855. The highest BCUT2D eigenvalue weighted by Gasteiger charge is 2.26. The molecule has 5 nitrogen and oxygen atoms in total. The molecule has 1 aromatic carbocycles. The van der Waals surface area contributed by atoms with E-state index in [9.17, 15) is 4.79 Å². The Bertz CT molecular complexity index is 512. The van der Waals surface area contributed by atoms with E-state index in [-0.39, 0.29) is 36.8 Å². The van der Waals surface area contributed by atoms with Crippen LogP contribution in [0, 0.1) is 0 Å². The molecular weight excluding hydrogens is 361 g/mol. The molecule has 1 aromatic rings. The molecule has 1 aliphatic rings. The Kier molecular flexibility index (Phi) is 10.4. The van der Waals surface area contributed by atoms with Gasteiger partial charge in [0.1, 0.15) is 5.75 Å². The van der Waals surface area contributed by atoms with Gasteiger partial charge in [-0.05, 0) is 57.5 Å². The molecule has 144 valence electrons. The van der Waals surface area contributed by atoms with Crippen molar-refractivity contribution in [3.05, 3.63) is 29.8 Å². The van der Waals surface area contributed by atoms with E-state index in [4.69, 9.17) is 10.5 Å². The highest BCUT2D eigenvalue weighted by atomic mass is 35.5. The largest absolute Gasteiger partial charge is 0.497 e. The van der Waals surface area contributed by atoms with Crippen molar-refractivity contribution in [2.75, 3.05) is 26.7 Å². The zero-order valence-corrected chi connectivity index (χ0v) is 16.9. The van der Waals surface area contributed by atoms with E-state index in [1.54, 1.807) is 21.0 Å². The van der Waals surface area contributed by atoms with Crippen LogP contribution in [0.4, 0.5) is 0 Å². The second-order valence-electron chi connectivity index (χ2n) is 6.82. The van der Waals surface area contributed by atoms with Crippen molar-refractivity contribution < 1.29 is 9.53 Å². The molecule has 1 aliphatic heterocycles. The number of ether oxygens (including phenoxy) is 1. The predicted octanol–water partition coefficient (Wildman–Crippen LogP) is 2.92. The molecule has 1 amide bonds. The fourth-order valence-corrected chi connectivity index (χ4v) is 2.93. The van der Waals surface area contributed by atoms with Crippen LogP contribution in [0.3, 0.4) is 0 Å². The number of nitrogens with two attached hydrogens (primary N) is 1. The van der Waals surface area contributed by atoms with Gasteiger partial charge < -0.3 is 15.8 Å². The van der Waals surface area contributed by atoms with Gasteiger partial charge >= 0.3 is 0 Å². The summed E-state index contributed by atoms with van der Waals surface area (Å²) in [7, 11) is 1.67. The molecule has 0 radical (unpaired) electrons. The number of methoxy groups -OCH3 is 1. The van der Waals surface area contributed by atoms with E-state index >= 15 is 0 Å². The Hall–Kier alpha value is -1.01. The van der Waals surface area contributed by atoms with Crippen molar-refractivity contribution >= 4 is 30.7 Å². The Morgan fingerprint density at radius 3 is 2.24 bits per heavy atom. The summed E-state index contributed by atoms with van der Waals surface area (Å²) in [6.45, 7) is 6.17. The summed E-state index contributed by atoms with van der Waals surface area (Å²) in [4.78, 5) is 14.6. The third-order valence-electron chi connectivity index (χ3n) is 4.37. The SMILES string of the molecule is COc1ccc(C(CNC(=O)C(C)(C)N)N2CCCCC2)cc1.Cl.Cl. The molecule has 0 spiro atoms. The molecular formula is C18H31Cl2N3O2. The van der Waals surface area contributed by atoms with Gasteiger partial charge in [0.05, 0.1) is 18.7 Å². The van der Waals surface area contributed by atoms with Gasteiger partial charge in [-0.2, -0.15) is 0 Å². The number of nitrogens with one attached hydrogen (secondary N) is 1. The summed E-state index contributed by atoms with van der Waals surface area (Å²) in [6.07, 6.45) is 3.71. The van der Waals surface area contributed by atoms with Crippen LogP contribution in [-0.2, 0) is 4.79 Å². The van der Waals surface area contributed by atoms with Gasteiger partial charge in [-0.3, -0.25) is 9.69 Å². The van der Waals surface area contributed by atoms with Gasteiger partial charge in [-0.25, -0.2) is 0 Å². The Labute approximate surface area is 163 Å². The van der Waals surface area contributed by atoms with E-state index in [0.29, 0.717) is 6.54 Å². The lowest BCUT2D eigenvalue weighted by Gasteiger charge is -2.35. The molecule has 0 aliphatic carbocycles. The molecule has 0 bridgehead atoms. The fraction of sp³-hybridized carbons (Fsp3) is 0.611. The first-order valence-corrected chi connectivity index (χ1v) is 8.37. The number of hydrogen-bond donors (Lipinski definition) is 2. The van der Waals surface area contributed by atoms with Crippen LogP contribution >= 0.6 is 24.8 Å². The lowest BCUT2D eigenvalue weighted by Crippen LogP contribution is -2.51. The van der Waals surface area contributed by atoms with Crippen LogP contribution in [0.15, 0.2) is 24.3 Å². The van der Waals surface area contributed by atoms with Crippen LogP contribution in [-0.4, -0.2) is 43.1 Å². The van der Waals surface area contributed by atoms with E-state index in [0.717, 1.165) is 18.8 Å². The smallest absolute Gasteiger partial charge is 0.239 e. The molecule has 1 saturated heterocycles. The second-order valence-corrected chi connectivity index (χ2v) is 6.82. The van der Waals surface area contributed by atoms with Crippen LogP contribution in [0.2, 0.25) is 0 Å². The van der Waals surface area contributed by atoms with Gasteiger partial charge in [0.15, 0.2) is 0 Å².